The molecular formula is C21H38IN5OS. The second kappa shape index (κ2) is 12.7. The van der Waals surface area contributed by atoms with Crippen LogP contribution in [-0.4, -0.2) is 69.0 Å². The molecule has 1 amide bonds. The van der Waals surface area contributed by atoms with Crippen LogP contribution in [0.15, 0.2) is 21.8 Å². The molecule has 0 aromatic carbocycles. The molecule has 1 unspecified atom stereocenters. The van der Waals surface area contributed by atoms with Crippen LogP contribution < -0.4 is 10.6 Å². The molecule has 166 valence electrons. The first-order valence-electron chi connectivity index (χ1n) is 10.4. The Morgan fingerprint density at radius 3 is 2.38 bits per heavy atom. The Morgan fingerprint density at radius 1 is 1.24 bits per heavy atom. The number of carbonyl (C=O) groups excluding carboxylic acids is 1. The summed E-state index contributed by atoms with van der Waals surface area (Å²) >= 11 is 1.74. The quantitative estimate of drug-likeness (QED) is 0.289. The van der Waals surface area contributed by atoms with Crippen molar-refractivity contribution in [3.05, 3.63) is 22.4 Å². The number of nitrogens with one attached hydrogen (secondary N) is 2. The molecule has 0 bridgehead atoms. The summed E-state index contributed by atoms with van der Waals surface area (Å²) in [6.07, 6.45) is 4.14. The zero-order valence-electron chi connectivity index (χ0n) is 18.5. The van der Waals surface area contributed by atoms with E-state index in [1.807, 2.05) is 14.1 Å². The Balaban J connectivity index is 0.00000420. The van der Waals surface area contributed by atoms with Crippen LogP contribution >= 0.6 is 35.3 Å². The Bertz CT molecular complexity index is 625. The minimum Gasteiger partial charge on any atom is -0.355 e. The van der Waals surface area contributed by atoms with Crippen LogP contribution in [0.4, 0.5) is 0 Å². The van der Waals surface area contributed by atoms with Gasteiger partial charge < -0.3 is 15.5 Å². The molecule has 2 rings (SSSR count). The highest BCUT2D eigenvalue weighted by Crippen LogP contribution is 2.38. The van der Waals surface area contributed by atoms with E-state index in [1.165, 1.54) is 5.56 Å². The zero-order valence-corrected chi connectivity index (χ0v) is 21.7. The molecule has 1 heterocycles. The van der Waals surface area contributed by atoms with Crippen molar-refractivity contribution in [2.24, 2.45) is 10.4 Å². The van der Waals surface area contributed by atoms with Gasteiger partial charge in [0, 0.05) is 34.2 Å². The lowest BCUT2D eigenvalue weighted by Gasteiger charge is -2.32. The standard InChI is InChI=1S/C21H37N5OS.HI/c1-6-26(7-2)18(17-10-13-28-15-17)14-23-20(22-3)24-16-21(11-8-9-12-21)19(27)25(4)5;/h10,13,15,18H,6-9,11-12,14,16H2,1-5H3,(H2,22,23,24);1H. The van der Waals surface area contributed by atoms with Crippen LogP contribution in [0.5, 0.6) is 0 Å². The van der Waals surface area contributed by atoms with Crippen molar-refractivity contribution in [3.8, 4) is 0 Å². The van der Waals surface area contributed by atoms with Gasteiger partial charge in [0.2, 0.25) is 5.91 Å². The van der Waals surface area contributed by atoms with Gasteiger partial charge in [-0.1, -0.05) is 26.7 Å². The molecule has 1 aromatic rings. The molecule has 0 aliphatic heterocycles. The lowest BCUT2D eigenvalue weighted by Crippen LogP contribution is -2.50. The highest BCUT2D eigenvalue weighted by Gasteiger charge is 2.42. The summed E-state index contributed by atoms with van der Waals surface area (Å²) in [5.41, 5.74) is 1.04. The molecule has 29 heavy (non-hydrogen) atoms. The maximum absolute atomic E-state index is 12.8. The molecule has 0 saturated heterocycles. The fourth-order valence-electron chi connectivity index (χ4n) is 4.25. The molecular weight excluding hydrogens is 497 g/mol. The number of rotatable bonds is 9. The molecule has 1 saturated carbocycles. The van der Waals surface area contributed by atoms with Crippen LogP contribution in [0.2, 0.25) is 0 Å². The van der Waals surface area contributed by atoms with Gasteiger partial charge in [0.05, 0.1) is 11.5 Å². The molecule has 2 N–H and O–H groups in total. The fraction of sp³-hybridized carbons (Fsp3) is 0.714. The van der Waals surface area contributed by atoms with E-state index in [9.17, 15) is 4.79 Å². The highest BCUT2D eigenvalue weighted by molar-refractivity contribution is 14.0. The third-order valence-electron chi connectivity index (χ3n) is 5.88. The summed E-state index contributed by atoms with van der Waals surface area (Å²) in [4.78, 5) is 21.4. The van der Waals surface area contributed by atoms with Gasteiger partial charge >= 0.3 is 0 Å². The van der Waals surface area contributed by atoms with Gasteiger partial charge in [0.25, 0.3) is 0 Å². The number of nitrogens with zero attached hydrogens (tertiary/aromatic N) is 3. The van der Waals surface area contributed by atoms with Crippen molar-refractivity contribution in [1.29, 1.82) is 0 Å². The molecule has 1 atom stereocenters. The van der Waals surface area contributed by atoms with Crippen molar-refractivity contribution in [2.45, 2.75) is 45.6 Å². The second-order valence-electron chi connectivity index (χ2n) is 7.79. The van der Waals surface area contributed by atoms with Gasteiger partial charge in [0.15, 0.2) is 5.96 Å². The Hall–Kier alpha value is -0.870. The van der Waals surface area contributed by atoms with Gasteiger partial charge in [-0.25, -0.2) is 0 Å². The SMILES string of the molecule is CCN(CC)C(CNC(=NC)NCC1(C(=O)N(C)C)CCCC1)c1ccsc1.I. The number of likely N-dealkylation sites (N-methyl/N-ethyl adjacent to an activating group) is 1. The Morgan fingerprint density at radius 2 is 1.90 bits per heavy atom. The molecule has 1 fully saturated rings. The smallest absolute Gasteiger partial charge is 0.230 e. The molecule has 0 spiro atoms. The maximum Gasteiger partial charge on any atom is 0.230 e. The van der Waals surface area contributed by atoms with Crippen molar-refractivity contribution < 1.29 is 4.79 Å². The fourth-order valence-corrected chi connectivity index (χ4v) is 4.95. The summed E-state index contributed by atoms with van der Waals surface area (Å²) < 4.78 is 0. The van der Waals surface area contributed by atoms with Crippen LogP contribution in [0.25, 0.3) is 0 Å². The van der Waals surface area contributed by atoms with Gasteiger partial charge in [-0.2, -0.15) is 11.3 Å². The van der Waals surface area contributed by atoms with E-state index in [0.717, 1.165) is 51.3 Å². The predicted molar refractivity (Wildman–Crippen MR) is 134 cm³/mol. The summed E-state index contributed by atoms with van der Waals surface area (Å²) in [7, 11) is 5.50. The number of aliphatic imine (C=N–C) groups is 1. The molecule has 6 nitrogen and oxygen atoms in total. The largest absolute Gasteiger partial charge is 0.355 e. The second-order valence-corrected chi connectivity index (χ2v) is 8.57. The number of carbonyl (C=O) groups is 1. The summed E-state index contributed by atoms with van der Waals surface area (Å²) in [6.45, 7) is 7.83. The van der Waals surface area contributed by atoms with E-state index in [-0.39, 0.29) is 35.3 Å². The number of hydrogen-bond acceptors (Lipinski definition) is 4. The first kappa shape index (κ1) is 26.2. The number of amides is 1. The van der Waals surface area contributed by atoms with Crippen molar-refractivity contribution >= 4 is 47.2 Å². The third kappa shape index (κ3) is 6.82. The number of guanidine groups is 1. The number of hydrogen-bond donors (Lipinski definition) is 2. The molecule has 0 radical (unpaired) electrons. The van der Waals surface area contributed by atoms with Crippen LogP contribution in [0.1, 0.15) is 51.1 Å². The van der Waals surface area contributed by atoms with E-state index in [0.29, 0.717) is 12.6 Å². The van der Waals surface area contributed by atoms with Gasteiger partial charge in [-0.15, -0.1) is 24.0 Å². The highest BCUT2D eigenvalue weighted by atomic mass is 127. The van der Waals surface area contributed by atoms with Crippen LogP contribution in [0.3, 0.4) is 0 Å². The van der Waals surface area contributed by atoms with Gasteiger partial charge in [-0.3, -0.25) is 14.7 Å². The predicted octanol–water partition coefficient (Wildman–Crippen LogP) is 3.56. The average molecular weight is 536 g/mol. The Labute approximate surface area is 197 Å². The van der Waals surface area contributed by atoms with Gasteiger partial charge in [0.1, 0.15) is 0 Å². The monoisotopic (exact) mass is 535 g/mol. The summed E-state index contributed by atoms with van der Waals surface area (Å²) in [6, 6.07) is 2.51. The van der Waals surface area contributed by atoms with E-state index in [4.69, 9.17) is 0 Å². The lowest BCUT2D eigenvalue weighted by molar-refractivity contribution is -0.138. The number of thiophene rings is 1. The first-order chi connectivity index (χ1) is 13.5. The number of halogens is 1. The minimum absolute atomic E-state index is 0. The lowest BCUT2D eigenvalue weighted by atomic mass is 9.84. The maximum atomic E-state index is 12.8. The van der Waals surface area contributed by atoms with E-state index in [2.05, 4.69) is 51.2 Å². The van der Waals surface area contributed by atoms with Crippen LogP contribution in [-0.2, 0) is 4.79 Å². The summed E-state index contributed by atoms with van der Waals surface area (Å²) in [5, 5.41) is 11.3. The van der Waals surface area contributed by atoms with E-state index in [1.54, 1.807) is 23.3 Å². The average Bonchev–Trinajstić information content (AvgIpc) is 3.39. The van der Waals surface area contributed by atoms with Crippen molar-refractivity contribution in [2.75, 3.05) is 47.3 Å². The van der Waals surface area contributed by atoms with E-state index < -0.39 is 0 Å². The first-order valence-corrected chi connectivity index (χ1v) is 11.3. The molecule has 1 aliphatic carbocycles. The molecule has 1 aromatic heterocycles. The van der Waals surface area contributed by atoms with Gasteiger partial charge in [-0.05, 0) is 48.3 Å². The van der Waals surface area contributed by atoms with Crippen LogP contribution in [0, 0.1) is 5.41 Å². The third-order valence-corrected chi connectivity index (χ3v) is 6.58. The van der Waals surface area contributed by atoms with Crippen molar-refractivity contribution in [3.63, 3.8) is 0 Å². The topological polar surface area (TPSA) is 60.0 Å². The molecule has 1 aliphatic rings. The minimum atomic E-state index is -0.299. The summed E-state index contributed by atoms with van der Waals surface area (Å²) in [5.74, 6) is 0.998. The molecule has 8 heteroatoms. The van der Waals surface area contributed by atoms with Crippen molar-refractivity contribution in [1.82, 2.24) is 20.4 Å². The van der Waals surface area contributed by atoms with E-state index >= 15 is 0 Å². The normalized spacial score (nSPS) is 17.0. The zero-order chi connectivity index (χ0) is 20.6. The Kier molecular flexibility index (Phi) is 11.5.